The summed E-state index contributed by atoms with van der Waals surface area (Å²) in [6.07, 6.45) is 2.60. The predicted octanol–water partition coefficient (Wildman–Crippen LogP) is 3.52. The summed E-state index contributed by atoms with van der Waals surface area (Å²) in [5, 5.41) is 6.64. The number of benzene rings is 1. The van der Waals surface area contributed by atoms with E-state index in [-0.39, 0.29) is 30.0 Å². The second kappa shape index (κ2) is 13.4. The summed E-state index contributed by atoms with van der Waals surface area (Å²) in [4.78, 5) is 6.81. The largest absolute Gasteiger partial charge is 0.494 e. The van der Waals surface area contributed by atoms with Crippen LogP contribution in [-0.2, 0) is 0 Å². The van der Waals surface area contributed by atoms with Crippen molar-refractivity contribution in [3.8, 4) is 5.75 Å². The molecule has 0 radical (unpaired) electrons. The molecule has 1 atom stereocenters. The molecule has 0 fully saturated rings. The molecule has 2 N–H and O–H groups in total. The molecule has 1 aromatic heterocycles. The second-order valence-electron chi connectivity index (χ2n) is 6.16. The third-order valence-corrected chi connectivity index (χ3v) is 3.89. The molecular formula is C20H31IN4O2. The van der Waals surface area contributed by atoms with Gasteiger partial charge in [0.25, 0.3) is 0 Å². The van der Waals surface area contributed by atoms with Crippen molar-refractivity contribution < 1.29 is 9.15 Å². The predicted molar refractivity (Wildman–Crippen MR) is 121 cm³/mol. The third-order valence-electron chi connectivity index (χ3n) is 3.89. The topological polar surface area (TPSA) is 62.0 Å². The molecular weight excluding hydrogens is 455 g/mol. The van der Waals surface area contributed by atoms with Crippen molar-refractivity contribution in [2.45, 2.75) is 19.4 Å². The number of likely N-dealkylation sites (N-methyl/N-ethyl adjacent to an activating group) is 1. The Morgan fingerprint density at radius 1 is 1.15 bits per heavy atom. The lowest BCUT2D eigenvalue weighted by Crippen LogP contribution is -2.38. The first-order valence-corrected chi connectivity index (χ1v) is 9.10. The Bertz CT molecular complexity index is 633. The summed E-state index contributed by atoms with van der Waals surface area (Å²) in [6.45, 7) is 4.97. The number of hydrogen-bond acceptors (Lipinski definition) is 4. The van der Waals surface area contributed by atoms with E-state index in [1.165, 1.54) is 0 Å². The molecule has 150 valence electrons. The Hall–Kier alpha value is -1.74. The zero-order chi connectivity index (χ0) is 18.6. The number of furan rings is 1. The van der Waals surface area contributed by atoms with Crippen LogP contribution in [0.1, 0.15) is 25.1 Å². The molecule has 27 heavy (non-hydrogen) atoms. The van der Waals surface area contributed by atoms with Crippen molar-refractivity contribution in [2.75, 3.05) is 40.3 Å². The van der Waals surface area contributed by atoms with E-state index in [9.17, 15) is 0 Å². The van der Waals surface area contributed by atoms with Crippen LogP contribution in [0.3, 0.4) is 0 Å². The molecule has 1 aromatic carbocycles. The van der Waals surface area contributed by atoms with Gasteiger partial charge in [-0.1, -0.05) is 18.2 Å². The van der Waals surface area contributed by atoms with Crippen molar-refractivity contribution in [3.05, 3.63) is 54.5 Å². The van der Waals surface area contributed by atoms with E-state index in [0.717, 1.165) is 37.0 Å². The molecule has 0 amide bonds. The summed E-state index contributed by atoms with van der Waals surface area (Å²) >= 11 is 0. The zero-order valence-corrected chi connectivity index (χ0v) is 18.7. The molecule has 0 aliphatic rings. The van der Waals surface area contributed by atoms with Gasteiger partial charge in [-0.25, -0.2) is 0 Å². The summed E-state index contributed by atoms with van der Waals surface area (Å²) in [6, 6.07) is 13.9. The quantitative estimate of drug-likeness (QED) is 0.233. The van der Waals surface area contributed by atoms with Crippen LogP contribution in [0, 0.1) is 0 Å². The van der Waals surface area contributed by atoms with Gasteiger partial charge in [0.05, 0.1) is 25.5 Å². The molecule has 2 aromatic rings. The number of para-hydroxylation sites is 1. The van der Waals surface area contributed by atoms with Gasteiger partial charge in [0.2, 0.25) is 0 Å². The van der Waals surface area contributed by atoms with Gasteiger partial charge >= 0.3 is 0 Å². The van der Waals surface area contributed by atoms with Crippen LogP contribution in [0.5, 0.6) is 5.75 Å². The number of rotatable bonds is 10. The maximum Gasteiger partial charge on any atom is 0.191 e. The minimum atomic E-state index is 0. The van der Waals surface area contributed by atoms with Crippen LogP contribution < -0.4 is 15.4 Å². The zero-order valence-electron chi connectivity index (χ0n) is 16.4. The van der Waals surface area contributed by atoms with E-state index >= 15 is 0 Å². The number of aliphatic imine (C=N–C) groups is 1. The standard InChI is InChI=1S/C20H30N4O2.HI/c1-4-21-20(22-13-9-15-25-17-10-6-5-7-11-17)23-16-18(24(2)3)19-12-8-14-26-19;/h5-8,10-12,14,18H,4,9,13,15-16H2,1-3H3,(H2,21,22,23);1H. The van der Waals surface area contributed by atoms with Crippen molar-refractivity contribution in [3.63, 3.8) is 0 Å². The Labute approximate surface area is 179 Å². The molecule has 0 bridgehead atoms. The van der Waals surface area contributed by atoms with E-state index in [1.54, 1.807) is 6.26 Å². The van der Waals surface area contributed by atoms with Crippen LogP contribution in [0.15, 0.2) is 58.1 Å². The first-order chi connectivity index (χ1) is 12.7. The summed E-state index contributed by atoms with van der Waals surface area (Å²) < 4.78 is 11.2. The number of guanidine groups is 1. The molecule has 0 aliphatic carbocycles. The monoisotopic (exact) mass is 486 g/mol. The van der Waals surface area contributed by atoms with Crippen LogP contribution in [0.2, 0.25) is 0 Å². The highest BCUT2D eigenvalue weighted by Crippen LogP contribution is 2.18. The third kappa shape index (κ3) is 8.66. The fourth-order valence-electron chi connectivity index (χ4n) is 2.49. The van der Waals surface area contributed by atoms with E-state index in [2.05, 4.69) is 22.5 Å². The Morgan fingerprint density at radius 2 is 1.93 bits per heavy atom. The summed E-state index contributed by atoms with van der Waals surface area (Å²) in [7, 11) is 4.06. The fourth-order valence-corrected chi connectivity index (χ4v) is 2.49. The lowest BCUT2D eigenvalue weighted by Gasteiger charge is -2.21. The van der Waals surface area contributed by atoms with Crippen LogP contribution in [-0.4, -0.2) is 51.2 Å². The number of ether oxygens (including phenoxy) is 1. The Morgan fingerprint density at radius 3 is 2.56 bits per heavy atom. The van der Waals surface area contributed by atoms with Crippen molar-refractivity contribution in [1.82, 2.24) is 15.5 Å². The summed E-state index contributed by atoms with van der Waals surface area (Å²) in [5.41, 5.74) is 0. The lowest BCUT2D eigenvalue weighted by atomic mass is 10.2. The maximum absolute atomic E-state index is 5.71. The van der Waals surface area contributed by atoms with E-state index in [1.807, 2.05) is 56.6 Å². The van der Waals surface area contributed by atoms with E-state index < -0.39 is 0 Å². The Kier molecular flexibility index (Phi) is 11.6. The van der Waals surface area contributed by atoms with Crippen molar-refractivity contribution >= 4 is 29.9 Å². The lowest BCUT2D eigenvalue weighted by molar-refractivity contribution is 0.265. The Balaban J connectivity index is 0.00000364. The minimum Gasteiger partial charge on any atom is -0.494 e. The van der Waals surface area contributed by atoms with Gasteiger partial charge in [0, 0.05) is 13.1 Å². The second-order valence-corrected chi connectivity index (χ2v) is 6.16. The van der Waals surface area contributed by atoms with Crippen molar-refractivity contribution in [1.29, 1.82) is 0 Å². The highest BCUT2D eigenvalue weighted by atomic mass is 127. The number of nitrogens with one attached hydrogen (secondary N) is 2. The van der Waals surface area contributed by atoms with Gasteiger partial charge in [0.1, 0.15) is 11.5 Å². The molecule has 6 nitrogen and oxygen atoms in total. The molecule has 2 rings (SSSR count). The molecule has 1 heterocycles. The smallest absolute Gasteiger partial charge is 0.191 e. The highest BCUT2D eigenvalue weighted by molar-refractivity contribution is 14.0. The van der Waals surface area contributed by atoms with Gasteiger partial charge in [-0.05, 0) is 51.7 Å². The van der Waals surface area contributed by atoms with Crippen molar-refractivity contribution in [2.24, 2.45) is 4.99 Å². The number of hydrogen-bond donors (Lipinski definition) is 2. The SMILES string of the molecule is CCNC(=NCC(c1ccco1)N(C)C)NCCCOc1ccccc1.I. The molecule has 0 aliphatic heterocycles. The normalized spacial score (nSPS) is 12.4. The van der Waals surface area contributed by atoms with Crippen LogP contribution in [0.4, 0.5) is 0 Å². The van der Waals surface area contributed by atoms with Gasteiger partial charge in [-0.3, -0.25) is 9.89 Å². The van der Waals surface area contributed by atoms with Gasteiger partial charge in [-0.2, -0.15) is 0 Å². The summed E-state index contributed by atoms with van der Waals surface area (Å²) in [5.74, 6) is 2.64. The average Bonchev–Trinajstić information content (AvgIpc) is 3.16. The molecule has 7 heteroatoms. The number of halogens is 1. The molecule has 0 saturated carbocycles. The highest BCUT2D eigenvalue weighted by Gasteiger charge is 2.16. The number of nitrogens with zero attached hydrogens (tertiary/aromatic N) is 2. The maximum atomic E-state index is 5.71. The van der Waals surface area contributed by atoms with Gasteiger partial charge in [0.15, 0.2) is 5.96 Å². The van der Waals surface area contributed by atoms with Gasteiger partial charge in [-0.15, -0.1) is 24.0 Å². The van der Waals surface area contributed by atoms with Gasteiger partial charge < -0.3 is 19.8 Å². The van der Waals surface area contributed by atoms with Crippen LogP contribution >= 0.6 is 24.0 Å². The molecule has 1 unspecified atom stereocenters. The average molecular weight is 486 g/mol. The first-order valence-electron chi connectivity index (χ1n) is 9.10. The molecule has 0 spiro atoms. The van der Waals surface area contributed by atoms with E-state index in [0.29, 0.717) is 13.2 Å². The molecule has 0 saturated heterocycles. The first kappa shape index (κ1) is 23.3. The fraction of sp³-hybridized carbons (Fsp3) is 0.450. The van der Waals surface area contributed by atoms with E-state index in [4.69, 9.17) is 14.1 Å². The van der Waals surface area contributed by atoms with Crippen LogP contribution in [0.25, 0.3) is 0 Å². The minimum absolute atomic E-state index is 0.